The molecule has 7 heteroatoms. The molecular weight excluding hydrogens is 298 g/mol. The maximum atomic E-state index is 12.6. The number of hydrogen-bond acceptors (Lipinski definition) is 4. The van der Waals surface area contributed by atoms with E-state index in [0.717, 1.165) is 12.8 Å². The van der Waals surface area contributed by atoms with E-state index in [2.05, 4.69) is 0 Å². The summed E-state index contributed by atoms with van der Waals surface area (Å²) in [6.45, 7) is 0.496. The number of piperidine rings is 1. The fourth-order valence-electron chi connectivity index (χ4n) is 2.69. The first-order chi connectivity index (χ1) is 10.1. The molecule has 1 fully saturated rings. The zero-order valence-corrected chi connectivity index (χ0v) is 11.9. The van der Waals surface area contributed by atoms with Crippen LogP contribution in [-0.4, -0.2) is 41.3 Å². The van der Waals surface area contributed by atoms with E-state index in [0.29, 0.717) is 30.0 Å². The van der Waals surface area contributed by atoms with Gasteiger partial charge in [-0.1, -0.05) is 11.6 Å². The van der Waals surface area contributed by atoms with E-state index in [-0.39, 0.29) is 17.7 Å². The summed E-state index contributed by atoms with van der Waals surface area (Å²) in [5.74, 6) is -0.492. The van der Waals surface area contributed by atoms with Crippen molar-refractivity contribution in [3.05, 3.63) is 22.7 Å². The number of benzene rings is 1. The van der Waals surface area contributed by atoms with Gasteiger partial charge < -0.3 is 19.5 Å². The molecule has 0 unspecified atom stereocenters. The van der Waals surface area contributed by atoms with Crippen LogP contribution in [0.25, 0.3) is 0 Å². The summed E-state index contributed by atoms with van der Waals surface area (Å²) < 4.78 is 10.4. The van der Waals surface area contributed by atoms with Gasteiger partial charge in [-0.25, -0.2) is 4.79 Å². The molecule has 2 aliphatic rings. The highest BCUT2D eigenvalue weighted by atomic mass is 35.5. The molecular formula is C14H14ClNO5. The quantitative estimate of drug-likeness (QED) is 0.905. The van der Waals surface area contributed by atoms with Crippen molar-refractivity contribution in [1.82, 2.24) is 4.90 Å². The van der Waals surface area contributed by atoms with E-state index in [9.17, 15) is 14.7 Å². The fourth-order valence-corrected chi connectivity index (χ4v) is 2.95. The lowest BCUT2D eigenvalue weighted by Gasteiger charge is -2.33. The minimum Gasteiger partial charge on any atom is -0.480 e. The first-order valence-corrected chi connectivity index (χ1v) is 7.08. The number of amides is 1. The van der Waals surface area contributed by atoms with E-state index >= 15 is 0 Å². The number of carboxylic acids is 1. The topological polar surface area (TPSA) is 76.1 Å². The van der Waals surface area contributed by atoms with Crippen molar-refractivity contribution < 1.29 is 24.2 Å². The van der Waals surface area contributed by atoms with Crippen molar-refractivity contribution in [3.63, 3.8) is 0 Å². The average molecular weight is 312 g/mol. The molecule has 0 aliphatic carbocycles. The predicted octanol–water partition coefficient (Wildman–Crippen LogP) is 2.15. The highest BCUT2D eigenvalue weighted by molar-refractivity contribution is 6.32. The predicted molar refractivity (Wildman–Crippen MR) is 73.9 cm³/mol. The second-order valence-corrected chi connectivity index (χ2v) is 5.45. The van der Waals surface area contributed by atoms with Crippen molar-refractivity contribution in [2.75, 3.05) is 13.3 Å². The van der Waals surface area contributed by atoms with Gasteiger partial charge in [0.25, 0.3) is 5.91 Å². The van der Waals surface area contributed by atoms with Crippen molar-refractivity contribution in [1.29, 1.82) is 0 Å². The van der Waals surface area contributed by atoms with Gasteiger partial charge in [-0.15, -0.1) is 0 Å². The van der Waals surface area contributed by atoms with E-state index in [1.165, 1.54) is 11.0 Å². The Labute approximate surface area is 126 Å². The van der Waals surface area contributed by atoms with E-state index in [4.69, 9.17) is 21.1 Å². The molecule has 3 rings (SSSR count). The smallest absolute Gasteiger partial charge is 0.326 e. The second-order valence-electron chi connectivity index (χ2n) is 5.04. The first-order valence-electron chi connectivity index (χ1n) is 6.71. The average Bonchev–Trinajstić information content (AvgIpc) is 2.95. The normalized spacial score (nSPS) is 20.4. The Balaban J connectivity index is 1.91. The Morgan fingerprint density at radius 3 is 2.86 bits per heavy atom. The van der Waals surface area contributed by atoms with Crippen LogP contribution < -0.4 is 9.47 Å². The van der Waals surface area contributed by atoms with Crippen LogP contribution >= 0.6 is 11.6 Å². The van der Waals surface area contributed by atoms with Gasteiger partial charge in [-0.3, -0.25) is 4.79 Å². The molecule has 2 aliphatic heterocycles. The number of carbonyl (C=O) groups excluding carboxylic acids is 1. The minimum absolute atomic E-state index is 0.0637. The number of carboxylic acid groups (broad SMARTS) is 1. The number of fused-ring (bicyclic) bond motifs is 1. The van der Waals surface area contributed by atoms with Gasteiger partial charge in [-0.2, -0.15) is 0 Å². The van der Waals surface area contributed by atoms with Crippen LogP contribution in [0.1, 0.15) is 29.6 Å². The maximum absolute atomic E-state index is 12.6. The van der Waals surface area contributed by atoms with Gasteiger partial charge in [0, 0.05) is 12.1 Å². The van der Waals surface area contributed by atoms with Gasteiger partial charge in [0.1, 0.15) is 6.04 Å². The standard InChI is InChI=1S/C14H14ClNO5/c15-9-5-8(6-11-12(9)21-7-20-11)13(17)16-4-2-1-3-10(16)14(18)19/h5-6,10H,1-4,7H2,(H,18,19)/t10-/m1/s1. The fraction of sp³-hybridized carbons (Fsp3) is 0.429. The number of rotatable bonds is 2. The molecule has 1 saturated heterocycles. The Bertz CT molecular complexity index is 603. The number of aliphatic carboxylic acids is 1. The van der Waals surface area contributed by atoms with Crippen molar-refractivity contribution in [2.45, 2.75) is 25.3 Å². The Kier molecular flexibility index (Phi) is 3.63. The summed E-state index contributed by atoms with van der Waals surface area (Å²) in [5.41, 5.74) is 0.317. The van der Waals surface area contributed by atoms with Gasteiger partial charge >= 0.3 is 5.97 Å². The van der Waals surface area contributed by atoms with E-state index in [1.807, 2.05) is 0 Å². The zero-order valence-electron chi connectivity index (χ0n) is 11.2. The van der Waals surface area contributed by atoms with Crippen LogP contribution in [0.15, 0.2) is 12.1 Å². The Morgan fingerprint density at radius 1 is 1.29 bits per heavy atom. The molecule has 2 heterocycles. The first kappa shape index (κ1) is 14.0. The molecule has 0 saturated carbocycles. The van der Waals surface area contributed by atoms with Crippen LogP contribution in [-0.2, 0) is 4.79 Å². The molecule has 112 valence electrons. The van der Waals surface area contributed by atoms with E-state index in [1.54, 1.807) is 6.07 Å². The Morgan fingerprint density at radius 2 is 2.10 bits per heavy atom. The number of likely N-dealkylation sites (tertiary alicyclic amines) is 1. The molecule has 0 spiro atoms. The largest absolute Gasteiger partial charge is 0.480 e. The number of halogens is 1. The number of hydrogen-bond donors (Lipinski definition) is 1. The summed E-state index contributed by atoms with van der Waals surface area (Å²) >= 11 is 6.06. The highest BCUT2D eigenvalue weighted by Gasteiger charge is 2.33. The molecule has 1 aromatic rings. The van der Waals surface area contributed by atoms with E-state index < -0.39 is 12.0 Å². The minimum atomic E-state index is -0.977. The lowest BCUT2D eigenvalue weighted by atomic mass is 10.0. The number of ether oxygens (including phenoxy) is 2. The summed E-state index contributed by atoms with van der Waals surface area (Å²) in [4.78, 5) is 25.3. The Hall–Kier alpha value is -1.95. The summed E-state index contributed by atoms with van der Waals surface area (Å²) in [6.07, 6.45) is 2.08. The maximum Gasteiger partial charge on any atom is 0.326 e. The molecule has 0 aromatic heterocycles. The van der Waals surface area contributed by atoms with Crippen LogP contribution in [0.2, 0.25) is 5.02 Å². The van der Waals surface area contributed by atoms with Crippen molar-refractivity contribution >= 4 is 23.5 Å². The molecule has 1 aromatic carbocycles. The SMILES string of the molecule is O=C(O)[C@H]1CCCCN1C(=O)c1cc(Cl)c2c(c1)OCO2. The molecule has 1 N–H and O–H groups in total. The summed E-state index contributed by atoms with van der Waals surface area (Å²) in [7, 11) is 0. The lowest BCUT2D eigenvalue weighted by molar-refractivity contribution is -0.143. The second kappa shape index (κ2) is 5.44. The molecule has 1 atom stereocenters. The molecule has 1 amide bonds. The monoisotopic (exact) mass is 311 g/mol. The lowest BCUT2D eigenvalue weighted by Crippen LogP contribution is -2.47. The van der Waals surface area contributed by atoms with Gasteiger partial charge in [0.2, 0.25) is 6.79 Å². The third-order valence-electron chi connectivity index (χ3n) is 3.72. The number of nitrogens with zero attached hydrogens (tertiary/aromatic N) is 1. The van der Waals surface area contributed by atoms with Gasteiger partial charge in [0.05, 0.1) is 5.02 Å². The summed E-state index contributed by atoms with van der Waals surface area (Å²) in [6, 6.07) is 2.25. The third-order valence-corrected chi connectivity index (χ3v) is 4.00. The van der Waals surface area contributed by atoms with Crippen molar-refractivity contribution in [2.24, 2.45) is 0 Å². The number of carbonyl (C=O) groups is 2. The van der Waals surface area contributed by atoms with Crippen molar-refractivity contribution in [3.8, 4) is 11.5 Å². The van der Waals surface area contributed by atoms with Gasteiger partial charge in [-0.05, 0) is 31.4 Å². The summed E-state index contributed by atoms with van der Waals surface area (Å²) in [5, 5.41) is 9.54. The molecule has 6 nitrogen and oxygen atoms in total. The van der Waals surface area contributed by atoms with Crippen LogP contribution in [0.3, 0.4) is 0 Å². The third kappa shape index (κ3) is 2.51. The highest BCUT2D eigenvalue weighted by Crippen LogP contribution is 2.40. The molecule has 0 bridgehead atoms. The van der Waals surface area contributed by atoms with Crippen LogP contribution in [0.4, 0.5) is 0 Å². The molecule has 0 radical (unpaired) electrons. The molecule has 21 heavy (non-hydrogen) atoms. The zero-order chi connectivity index (χ0) is 15.0. The van der Waals surface area contributed by atoms with Gasteiger partial charge in [0.15, 0.2) is 11.5 Å². The van der Waals surface area contributed by atoms with Crippen LogP contribution in [0, 0.1) is 0 Å². The van der Waals surface area contributed by atoms with Crippen LogP contribution in [0.5, 0.6) is 11.5 Å².